The van der Waals surface area contributed by atoms with Crippen molar-refractivity contribution in [1.82, 2.24) is 30.0 Å². The second-order valence-electron chi connectivity index (χ2n) is 7.83. The quantitative estimate of drug-likeness (QED) is 0.401. The maximum absolute atomic E-state index is 12.6. The van der Waals surface area contributed by atoms with E-state index in [1.165, 1.54) is 5.56 Å². The summed E-state index contributed by atoms with van der Waals surface area (Å²) in [5.41, 5.74) is 4.15. The molecule has 0 radical (unpaired) electrons. The summed E-state index contributed by atoms with van der Waals surface area (Å²) in [6.07, 6.45) is 5.13. The van der Waals surface area contributed by atoms with Gasteiger partial charge in [-0.1, -0.05) is 32.0 Å². The number of rotatable bonds is 8. The van der Waals surface area contributed by atoms with Crippen LogP contribution in [0.5, 0.6) is 0 Å². The number of thiazole rings is 1. The summed E-state index contributed by atoms with van der Waals surface area (Å²) in [7, 11) is 0. The summed E-state index contributed by atoms with van der Waals surface area (Å²) in [6, 6.07) is 12.0. The van der Waals surface area contributed by atoms with Gasteiger partial charge in [-0.2, -0.15) is 0 Å². The summed E-state index contributed by atoms with van der Waals surface area (Å²) >= 11 is 1.63. The van der Waals surface area contributed by atoms with Crippen LogP contribution in [0.2, 0.25) is 0 Å². The second kappa shape index (κ2) is 9.82. The lowest BCUT2D eigenvalue weighted by molar-refractivity contribution is 0.0943. The van der Waals surface area contributed by atoms with Gasteiger partial charge in [0.2, 0.25) is 5.82 Å². The number of benzene rings is 1. The van der Waals surface area contributed by atoms with Crippen molar-refractivity contribution < 1.29 is 4.79 Å². The first-order chi connectivity index (χ1) is 15.5. The Morgan fingerprint density at radius 3 is 2.69 bits per heavy atom. The van der Waals surface area contributed by atoms with E-state index in [4.69, 9.17) is 0 Å². The average Bonchev–Trinajstić information content (AvgIpc) is 3.44. The minimum Gasteiger partial charge on any atom is -0.349 e. The van der Waals surface area contributed by atoms with Crippen LogP contribution in [0, 0.1) is 6.92 Å². The Hall–Kier alpha value is -3.39. The fourth-order valence-corrected chi connectivity index (χ4v) is 4.33. The highest BCUT2D eigenvalue weighted by atomic mass is 32.1. The molecule has 0 aliphatic carbocycles. The number of amides is 1. The number of para-hydroxylation sites is 1. The summed E-state index contributed by atoms with van der Waals surface area (Å²) in [5, 5.41) is 10.5. The molecule has 1 aromatic carbocycles. The van der Waals surface area contributed by atoms with Crippen molar-refractivity contribution in [1.29, 1.82) is 0 Å². The fraction of sp³-hybridized carbons (Fsp3) is 0.292. The molecule has 0 saturated carbocycles. The first-order valence-corrected chi connectivity index (χ1v) is 11.6. The Kier molecular flexibility index (Phi) is 6.70. The van der Waals surface area contributed by atoms with Gasteiger partial charge < -0.3 is 5.32 Å². The summed E-state index contributed by atoms with van der Waals surface area (Å²) in [4.78, 5) is 25.7. The van der Waals surface area contributed by atoms with Crippen LogP contribution in [-0.2, 0) is 6.42 Å². The topological polar surface area (TPSA) is 85.6 Å². The molecule has 4 rings (SSSR count). The van der Waals surface area contributed by atoms with Crippen molar-refractivity contribution in [3.8, 4) is 16.9 Å². The molecule has 8 heteroatoms. The molecule has 4 aromatic rings. The minimum atomic E-state index is -0.259. The SMILES string of the molecule is Cc1nc(C(=O)NCCCc2nc(-c3ccncc3)cs2)nn1-c1ccccc1C(C)C. The first kappa shape index (κ1) is 21.8. The number of carbonyl (C=O) groups is 1. The molecule has 1 N–H and O–H groups in total. The van der Waals surface area contributed by atoms with E-state index >= 15 is 0 Å². The average molecular weight is 447 g/mol. The first-order valence-electron chi connectivity index (χ1n) is 10.7. The van der Waals surface area contributed by atoms with Crippen LogP contribution in [0.25, 0.3) is 16.9 Å². The van der Waals surface area contributed by atoms with Crippen molar-refractivity contribution in [3.05, 3.63) is 76.4 Å². The Labute approximate surface area is 191 Å². The van der Waals surface area contributed by atoms with Crippen molar-refractivity contribution in [2.45, 2.75) is 39.5 Å². The second-order valence-corrected chi connectivity index (χ2v) is 8.77. The number of aromatic nitrogens is 5. The van der Waals surface area contributed by atoms with Crippen molar-refractivity contribution in [3.63, 3.8) is 0 Å². The van der Waals surface area contributed by atoms with Gasteiger partial charge in [-0.15, -0.1) is 16.4 Å². The van der Waals surface area contributed by atoms with Gasteiger partial charge in [0.05, 0.1) is 16.4 Å². The van der Waals surface area contributed by atoms with Crippen LogP contribution in [0.3, 0.4) is 0 Å². The summed E-state index contributed by atoms with van der Waals surface area (Å²) in [5.74, 6) is 0.965. The maximum Gasteiger partial charge on any atom is 0.290 e. The van der Waals surface area contributed by atoms with Crippen LogP contribution in [0.1, 0.15) is 53.2 Å². The van der Waals surface area contributed by atoms with Gasteiger partial charge in [0, 0.05) is 36.3 Å². The molecule has 3 heterocycles. The molecule has 0 aliphatic rings. The number of nitrogens with one attached hydrogen (secondary N) is 1. The van der Waals surface area contributed by atoms with E-state index in [1.54, 1.807) is 28.4 Å². The lowest BCUT2D eigenvalue weighted by Crippen LogP contribution is -2.26. The molecule has 1 amide bonds. The summed E-state index contributed by atoms with van der Waals surface area (Å²) in [6.45, 7) is 6.69. The number of carbonyl (C=O) groups excluding carboxylic acids is 1. The van der Waals surface area contributed by atoms with E-state index in [9.17, 15) is 4.79 Å². The van der Waals surface area contributed by atoms with Gasteiger partial charge in [-0.05, 0) is 43.0 Å². The molecule has 164 valence electrons. The number of hydrogen-bond acceptors (Lipinski definition) is 6. The number of pyridine rings is 1. The van der Waals surface area contributed by atoms with E-state index in [-0.39, 0.29) is 11.7 Å². The van der Waals surface area contributed by atoms with Gasteiger partial charge in [-0.25, -0.2) is 14.6 Å². The Morgan fingerprint density at radius 1 is 1.12 bits per heavy atom. The van der Waals surface area contributed by atoms with Gasteiger partial charge in [0.1, 0.15) is 5.82 Å². The third-order valence-corrected chi connectivity index (χ3v) is 6.05. The van der Waals surface area contributed by atoms with E-state index < -0.39 is 0 Å². The highest BCUT2D eigenvalue weighted by Crippen LogP contribution is 2.23. The highest BCUT2D eigenvalue weighted by molar-refractivity contribution is 7.09. The van der Waals surface area contributed by atoms with Crippen molar-refractivity contribution in [2.24, 2.45) is 0 Å². The minimum absolute atomic E-state index is 0.190. The molecule has 0 spiro atoms. The highest BCUT2D eigenvalue weighted by Gasteiger charge is 2.17. The van der Waals surface area contributed by atoms with Crippen molar-refractivity contribution in [2.75, 3.05) is 6.54 Å². The molecule has 32 heavy (non-hydrogen) atoms. The lowest BCUT2D eigenvalue weighted by atomic mass is 10.0. The van der Waals surface area contributed by atoms with Gasteiger partial charge in [-0.3, -0.25) is 9.78 Å². The molecule has 0 saturated heterocycles. The Bertz CT molecular complexity index is 1200. The normalized spacial score (nSPS) is 11.1. The molecule has 3 aromatic heterocycles. The Balaban J connectivity index is 1.34. The molecule has 0 unspecified atom stereocenters. The zero-order valence-electron chi connectivity index (χ0n) is 18.4. The maximum atomic E-state index is 12.6. The largest absolute Gasteiger partial charge is 0.349 e. The number of nitrogens with zero attached hydrogens (tertiary/aromatic N) is 5. The standard InChI is InChI=1S/C24H26N6OS/c1-16(2)19-7-4-5-8-21(19)30-17(3)27-23(29-30)24(31)26-12-6-9-22-28-20(15-32-22)18-10-13-25-14-11-18/h4-5,7-8,10-11,13-16H,6,9,12H2,1-3H3,(H,26,31). The lowest BCUT2D eigenvalue weighted by Gasteiger charge is -2.12. The third kappa shape index (κ3) is 4.91. The summed E-state index contributed by atoms with van der Waals surface area (Å²) < 4.78 is 1.75. The monoisotopic (exact) mass is 446 g/mol. The van der Waals surface area contributed by atoms with E-state index in [0.717, 1.165) is 34.8 Å². The number of aryl methyl sites for hydroxylation is 2. The van der Waals surface area contributed by atoms with Crippen molar-refractivity contribution >= 4 is 17.2 Å². The molecule has 0 fully saturated rings. The van der Waals surface area contributed by atoms with E-state index in [2.05, 4.69) is 50.7 Å². The zero-order chi connectivity index (χ0) is 22.5. The van der Waals surface area contributed by atoms with Gasteiger partial charge >= 0.3 is 0 Å². The molecule has 0 aliphatic heterocycles. The van der Waals surface area contributed by atoms with Crippen LogP contribution >= 0.6 is 11.3 Å². The van der Waals surface area contributed by atoms with E-state index in [0.29, 0.717) is 18.3 Å². The molecule has 0 atom stereocenters. The van der Waals surface area contributed by atoms with Gasteiger partial charge in [0.15, 0.2) is 0 Å². The predicted molar refractivity (Wildman–Crippen MR) is 126 cm³/mol. The zero-order valence-corrected chi connectivity index (χ0v) is 19.3. The smallest absolute Gasteiger partial charge is 0.290 e. The van der Waals surface area contributed by atoms with Crippen LogP contribution in [-0.4, -0.2) is 37.2 Å². The van der Waals surface area contributed by atoms with Crippen LogP contribution in [0.4, 0.5) is 0 Å². The third-order valence-electron chi connectivity index (χ3n) is 5.14. The van der Waals surface area contributed by atoms with Crippen LogP contribution in [0.15, 0.2) is 54.2 Å². The molecular weight excluding hydrogens is 420 g/mol. The van der Waals surface area contributed by atoms with Gasteiger partial charge in [0.25, 0.3) is 5.91 Å². The predicted octanol–water partition coefficient (Wildman–Crippen LogP) is 4.58. The van der Waals surface area contributed by atoms with Crippen LogP contribution < -0.4 is 5.32 Å². The molecule has 7 nitrogen and oxygen atoms in total. The Morgan fingerprint density at radius 2 is 1.91 bits per heavy atom. The fourth-order valence-electron chi connectivity index (χ4n) is 3.48. The molecule has 0 bridgehead atoms. The number of hydrogen-bond donors (Lipinski definition) is 1. The molecular formula is C24H26N6OS. The van der Waals surface area contributed by atoms with E-state index in [1.807, 2.05) is 37.3 Å².